The summed E-state index contributed by atoms with van der Waals surface area (Å²) >= 11 is 3.39. The first-order valence-corrected chi connectivity index (χ1v) is 7.25. The van der Waals surface area contributed by atoms with Crippen molar-refractivity contribution in [1.82, 2.24) is 0 Å². The number of hydrogen-bond donors (Lipinski definition) is 2. The lowest BCUT2D eigenvalue weighted by Crippen LogP contribution is -1.99. The van der Waals surface area contributed by atoms with Crippen LogP contribution in [0.25, 0.3) is 0 Å². The quantitative estimate of drug-likeness (QED) is 0.872. The van der Waals surface area contributed by atoms with Gasteiger partial charge in [-0.15, -0.1) is 0 Å². The molecule has 0 radical (unpaired) electrons. The summed E-state index contributed by atoms with van der Waals surface area (Å²) in [6.45, 7) is 1.78. The van der Waals surface area contributed by atoms with Gasteiger partial charge >= 0.3 is 0 Å². The van der Waals surface area contributed by atoms with Crippen LogP contribution in [-0.2, 0) is 6.42 Å². The Kier molecular flexibility index (Phi) is 5.17. The summed E-state index contributed by atoms with van der Waals surface area (Å²) in [5.41, 5.74) is 1.66. The Morgan fingerprint density at radius 1 is 1.15 bits per heavy atom. The number of halogens is 1. The van der Waals surface area contributed by atoms with E-state index in [1.165, 1.54) is 0 Å². The molecule has 2 aromatic carbocycles. The Hall–Kier alpha value is -1.36. The second kappa shape index (κ2) is 6.88. The number of aliphatic hydroxyl groups excluding tert-OH is 2. The maximum atomic E-state index is 9.84. The Morgan fingerprint density at radius 3 is 2.60 bits per heavy atom. The minimum atomic E-state index is -0.618. The average Bonchev–Trinajstić information content (AvgIpc) is 2.43. The van der Waals surface area contributed by atoms with Crippen molar-refractivity contribution < 1.29 is 14.9 Å². The van der Waals surface area contributed by atoms with Crippen LogP contribution in [0.15, 0.2) is 46.9 Å². The Balaban J connectivity index is 2.35. The van der Waals surface area contributed by atoms with E-state index < -0.39 is 6.10 Å². The van der Waals surface area contributed by atoms with Gasteiger partial charge in [-0.2, -0.15) is 0 Å². The molecule has 4 heteroatoms. The molecular weight excluding hydrogens is 320 g/mol. The van der Waals surface area contributed by atoms with E-state index in [1.54, 1.807) is 6.92 Å². The predicted molar refractivity (Wildman–Crippen MR) is 82.1 cm³/mol. The van der Waals surface area contributed by atoms with Gasteiger partial charge in [0.05, 0.1) is 6.10 Å². The fourth-order valence-corrected chi connectivity index (χ4v) is 2.37. The predicted octanol–water partition coefficient (Wildman–Crippen LogP) is 3.83. The molecule has 0 bridgehead atoms. The molecule has 0 aliphatic carbocycles. The van der Waals surface area contributed by atoms with E-state index in [4.69, 9.17) is 9.84 Å². The van der Waals surface area contributed by atoms with E-state index in [0.717, 1.165) is 15.6 Å². The summed E-state index contributed by atoms with van der Waals surface area (Å²) in [6.07, 6.45) is -0.0796. The van der Waals surface area contributed by atoms with Crippen molar-refractivity contribution in [2.45, 2.75) is 19.4 Å². The van der Waals surface area contributed by atoms with Crippen molar-refractivity contribution in [2.75, 3.05) is 6.61 Å². The molecule has 0 fully saturated rings. The third-order valence-electron chi connectivity index (χ3n) is 3.00. The van der Waals surface area contributed by atoms with E-state index in [-0.39, 0.29) is 6.61 Å². The molecule has 0 spiro atoms. The smallest absolute Gasteiger partial charge is 0.133 e. The topological polar surface area (TPSA) is 49.7 Å². The van der Waals surface area contributed by atoms with Crippen LogP contribution >= 0.6 is 15.9 Å². The first-order valence-electron chi connectivity index (χ1n) is 6.46. The number of para-hydroxylation sites is 1. The fraction of sp³-hybridized carbons (Fsp3) is 0.250. The number of ether oxygens (including phenoxy) is 1. The zero-order chi connectivity index (χ0) is 14.5. The van der Waals surface area contributed by atoms with Crippen LogP contribution in [0.2, 0.25) is 0 Å². The molecule has 2 rings (SSSR count). The van der Waals surface area contributed by atoms with E-state index in [0.29, 0.717) is 17.9 Å². The third-order valence-corrected chi connectivity index (χ3v) is 3.49. The van der Waals surface area contributed by atoms with Crippen LogP contribution < -0.4 is 4.74 Å². The lowest BCUT2D eigenvalue weighted by molar-refractivity contribution is 0.195. The Morgan fingerprint density at radius 2 is 1.90 bits per heavy atom. The van der Waals surface area contributed by atoms with Gasteiger partial charge in [0.1, 0.15) is 11.5 Å². The van der Waals surface area contributed by atoms with Crippen LogP contribution in [0.4, 0.5) is 0 Å². The maximum Gasteiger partial charge on any atom is 0.133 e. The number of hydrogen-bond acceptors (Lipinski definition) is 3. The average molecular weight is 337 g/mol. The van der Waals surface area contributed by atoms with Crippen LogP contribution in [0, 0.1) is 0 Å². The summed E-state index contributed by atoms with van der Waals surface area (Å²) in [5, 5.41) is 18.9. The van der Waals surface area contributed by atoms with E-state index in [9.17, 15) is 5.11 Å². The van der Waals surface area contributed by atoms with Crippen molar-refractivity contribution >= 4 is 15.9 Å². The van der Waals surface area contributed by atoms with Gasteiger partial charge in [-0.25, -0.2) is 0 Å². The lowest BCUT2D eigenvalue weighted by Gasteiger charge is -2.15. The highest BCUT2D eigenvalue weighted by Crippen LogP contribution is 2.33. The SMILES string of the molecule is CC(O)c1cc(Br)ccc1Oc1ccccc1CCO. The molecule has 0 aliphatic rings. The molecule has 0 aromatic heterocycles. The molecule has 2 aromatic rings. The number of benzene rings is 2. The molecular formula is C16H17BrO3. The van der Waals surface area contributed by atoms with E-state index in [1.807, 2.05) is 42.5 Å². The van der Waals surface area contributed by atoms with Gasteiger partial charge in [0.15, 0.2) is 0 Å². The van der Waals surface area contributed by atoms with Crippen molar-refractivity contribution in [3.63, 3.8) is 0 Å². The van der Waals surface area contributed by atoms with Crippen molar-refractivity contribution in [1.29, 1.82) is 0 Å². The molecule has 0 amide bonds. The van der Waals surface area contributed by atoms with Gasteiger partial charge in [-0.05, 0) is 43.2 Å². The van der Waals surface area contributed by atoms with Crippen molar-refractivity contribution in [2.24, 2.45) is 0 Å². The van der Waals surface area contributed by atoms with Gasteiger partial charge in [0.2, 0.25) is 0 Å². The number of aliphatic hydroxyl groups is 2. The van der Waals surface area contributed by atoms with Crippen LogP contribution in [0.3, 0.4) is 0 Å². The summed E-state index contributed by atoms with van der Waals surface area (Å²) in [6, 6.07) is 13.1. The molecule has 2 N–H and O–H groups in total. The van der Waals surface area contributed by atoms with Gasteiger partial charge in [-0.1, -0.05) is 34.1 Å². The highest BCUT2D eigenvalue weighted by Gasteiger charge is 2.12. The van der Waals surface area contributed by atoms with Crippen LogP contribution in [0.5, 0.6) is 11.5 Å². The molecule has 20 heavy (non-hydrogen) atoms. The standard InChI is InChI=1S/C16H17BrO3/c1-11(19)14-10-13(17)6-7-16(14)20-15-5-3-2-4-12(15)8-9-18/h2-7,10-11,18-19H,8-9H2,1H3. The summed E-state index contributed by atoms with van der Waals surface area (Å²) in [4.78, 5) is 0. The third kappa shape index (κ3) is 3.60. The summed E-state index contributed by atoms with van der Waals surface area (Å²) < 4.78 is 6.81. The van der Waals surface area contributed by atoms with Gasteiger partial charge in [0, 0.05) is 16.6 Å². The van der Waals surface area contributed by atoms with Gasteiger partial charge < -0.3 is 14.9 Å². The highest BCUT2D eigenvalue weighted by atomic mass is 79.9. The van der Waals surface area contributed by atoms with E-state index >= 15 is 0 Å². The zero-order valence-corrected chi connectivity index (χ0v) is 12.8. The maximum absolute atomic E-state index is 9.84. The molecule has 0 saturated heterocycles. The number of rotatable bonds is 5. The normalized spacial score (nSPS) is 12.2. The molecule has 106 valence electrons. The van der Waals surface area contributed by atoms with Gasteiger partial charge in [0.25, 0.3) is 0 Å². The van der Waals surface area contributed by atoms with Crippen molar-refractivity contribution in [3.05, 3.63) is 58.1 Å². The largest absolute Gasteiger partial charge is 0.457 e. The lowest BCUT2D eigenvalue weighted by atomic mass is 10.1. The Bertz CT molecular complexity index is 582. The second-order valence-electron chi connectivity index (χ2n) is 4.54. The molecule has 0 aliphatic heterocycles. The Labute approximate surface area is 127 Å². The molecule has 0 heterocycles. The van der Waals surface area contributed by atoms with Gasteiger partial charge in [-0.3, -0.25) is 0 Å². The first-order chi connectivity index (χ1) is 9.61. The monoisotopic (exact) mass is 336 g/mol. The van der Waals surface area contributed by atoms with E-state index in [2.05, 4.69) is 15.9 Å². The minimum Gasteiger partial charge on any atom is -0.457 e. The first kappa shape index (κ1) is 15.0. The van der Waals surface area contributed by atoms with Crippen LogP contribution in [0.1, 0.15) is 24.2 Å². The van der Waals surface area contributed by atoms with Crippen molar-refractivity contribution in [3.8, 4) is 11.5 Å². The zero-order valence-electron chi connectivity index (χ0n) is 11.2. The van der Waals surface area contributed by atoms with Crippen LogP contribution in [-0.4, -0.2) is 16.8 Å². The molecule has 1 unspecified atom stereocenters. The molecule has 0 saturated carbocycles. The summed E-state index contributed by atoms with van der Waals surface area (Å²) in [5.74, 6) is 1.32. The second-order valence-corrected chi connectivity index (χ2v) is 5.46. The minimum absolute atomic E-state index is 0.0734. The fourth-order valence-electron chi connectivity index (χ4n) is 1.99. The summed E-state index contributed by atoms with van der Waals surface area (Å²) in [7, 11) is 0. The highest BCUT2D eigenvalue weighted by molar-refractivity contribution is 9.10. The molecule has 1 atom stereocenters. The molecule has 3 nitrogen and oxygen atoms in total.